The minimum atomic E-state index is -0.555. The summed E-state index contributed by atoms with van der Waals surface area (Å²) in [7, 11) is 3.70. The van der Waals surface area contributed by atoms with Crippen molar-refractivity contribution < 1.29 is 9.84 Å². The second-order valence-electron chi connectivity index (χ2n) is 6.22. The van der Waals surface area contributed by atoms with Crippen molar-refractivity contribution in [1.29, 1.82) is 0 Å². The molecule has 0 saturated heterocycles. The molecule has 3 nitrogen and oxygen atoms in total. The van der Waals surface area contributed by atoms with Gasteiger partial charge in [0.1, 0.15) is 5.75 Å². The van der Waals surface area contributed by atoms with Crippen LogP contribution >= 0.6 is 0 Å². The van der Waals surface area contributed by atoms with Gasteiger partial charge < -0.3 is 14.7 Å². The number of aliphatic hydroxyl groups is 1. The van der Waals surface area contributed by atoms with E-state index in [2.05, 4.69) is 39.6 Å². The summed E-state index contributed by atoms with van der Waals surface area (Å²) in [5.41, 5.74) is 2.04. The standard InChI is InChI=1S/C16H27NO2/c1-11(18)15-13(9-8-10-14(15)19-7)17(6)12(2)16(3,4)5/h8-12,18H,1-7H3/t11-,12?/m0/s1. The highest BCUT2D eigenvalue weighted by Gasteiger charge is 2.27. The predicted octanol–water partition coefficient (Wildman–Crippen LogP) is 3.62. The maximum absolute atomic E-state index is 10.0. The fraction of sp³-hybridized carbons (Fsp3) is 0.625. The first-order valence-electron chi connectivity index (χ1n) is 6.78. The molecule has 0 aliphatic rings. The molecule has 0 amide bonds. The molecule has 2 atom stereocenters. The molecular weight excluding hydrogens is 238 g/mol. The Labute approximate surface area is 117 Å². The molecule has 19 heavy (non-hydrogen) atoms. The van der Waals surface area contributed by atoms with E-state index in [-0.39, 0.29) is 5.41 Å². The molecule has 0 aromatic heterocycles. The van der Waals surface area contributed by atoms with Crippen molar-refractivity contribution >= 4 is 5.69 Å². The molecule has 0 spiro atoms. The lowest BCUT2D eigenvalue weighted by Crippen LogP contribution is -2.40. The smallest absolute Gasteiger partial charge is 0.126 e. The highest BCUT2D eigenvalue weighted by molar-refractivity contribution is 5.60. The number of benzene rings is 1. The van der Waals surface area contributed by atoms with E-state index in [1.165, 1.54) is 0 Å². The zero-order chi connectivity index (χ0) is 14.8. The molecule has 3 heteroatoms. The van der Waals surface area contributed by atoms with E-state index in [9.17, 15) is 5.11 Å². The van der Waals surface area contributed by atoms with Gasteiger partial charge in [0.05, 0.1) is 13.2 Å². The number of ether oxygens (including phenoxy) is 1. The summed E-state index contributed by atoms with van der Waals surface area (Å²) in [6.07, 6.45) is -0.555. The number of aliphatic hydroxyl groups excluding tert-OH is 1. The summed E-state index contributed by atoms with van der Waals surface area (Å²) in [5.74, 6) is 0.737. The van der Waals surface area contributed by atoms with Gasteiger partial charge in [-0.2, -0.15) is 0 Å². The van der Waals surface area contributed by atoms with Crippen molar-refractivity contribution in [3.05, 3.63) is 23.8 Å². The van der Waals surface area contributed by atoms with Crippen LogP contribution in [-0.2, 0) is 0 Å². The summed E-state index contributed by atoms with van der Waals surface area (Å²) in [6, 6.07) is 6.23. The van der Waals surface area contributed by atoms with Gasteiger partial charge in [0.15, 0.2) is 0 Å². The van der Waals surface area contributed by atoms with Gasteiger partial charge in [-0.15, -0.1) is 0 Å². The molecule has 0 aliphatic carbocycles. The van der Waals surface area contributed by atoms with E-state index in [0.717, 1.165) is 17.0 Å². The molecule has 0 saturated carbocycles. The minimum Gasteiger partial charge on any atom is -0.496 e. The predicted molar refractivity (Wildman–Crippen MR) is 80.9 cm³/mol. The Morgan fingerprint density at radius 1 is 1.21 bits per heavy atom. The molecule has 0 bridgehead atoms. The van der Waals surface area contributed by atoms with Crippen LogP contribution in [0.25, 0.3) is 0 Å². The summed E-state index contributed by atoms with van der Waals surface area (Å²) < 4.78 is 5.38. The summed E-state index contributed by atoms with van der Waals surface area (Å²) in [6.45, 7) is 10.6. The van der Waals surface area contributed by atoms with Gasteiger partial charge in [0.2, 0.25) is 0 Å². The van der Waals surface area contributed by atoms with Crippen LogP contribution in [-0.4, -0.2) is 25.3 Å². The van der Waals surface area contributed by atoms with Crippen LogP contribution in [0.3, 0.4) is 0 Å². The zero-order valence-corrected chi connectivity index (χ0v) is 13.2. The number of anilines is 1. The molecule has 1 aromatic rings. The first-order chi connectivity index (χ1) is 8.70. The van der Waals surface area contributed by atoms with Crippen LogP contribution in [0.4, 0.5) is 5.69 Å². The zero-order valence-electron chi connectivity index (χ0n) is 13.2. The first kappa shape index (κ1) is 15.8. The Morgan fingerprint density at radius 2 is 1.79 bits per heavy atom. The van der Waals surface area contributed by atoms with Gasteiger partial charge in [-0.05, 0) is 31.4 Å². The number of methoxy groups -OCH3 is 1. The SMILES string of the molecule is COc1cccc(N(C)C(C)C(C)(C)C)c1[C@H](C)O. The Kier molecular flexibility index (Phi) is 4.86. The molecule has 0 heterocycles. The monoisotopic (exact) mass is 265 g/mol. The van der Waals surface area contributed by atoms with E-state index < -0.39 is 6.10 Å². The molecule has 108 valence electrons. The van der Waals surface area contributed by atoms with Crippen LogP contribution in [0.2, 0.25) is 0 Å². The highest BCUT2D eigenvalue weighted by atomic mass is 16.5. The molecule has 1 unspecified atom stereocenters. The lowest BCUT2D eigenvalue weighted by Gasteiger charge is -2.38. The van der Waals surface area contributed by atoms with Crippen LogP contribution in [0.5, 0.6) is 5.75 Å². The molecule has 1 aromatic carbocycles. The van der Waals surface area contributed by atoms with Crippen LogP contribution in [0.15, 0.2) is 18.2 Å². The summed E-state index contributed by atoms with van der Waals surface area (Å²) in [4.78, 5) is 2.21. The number of hydrogen-bond acceptors (Lipinski definition) is 3. The van der Waals surface area contributed by atoms with Crippen LogP contribution < -0.4 is 9.64 Å². The third-order valence-corrected chi connectivity index (χ3v) is 3.90. The van der Waals surface area contributed by atoms with E-state index in [1.54, 1.807) is 14.0 Å². The summed E-state index contributed by atoms with van der Waals surface area (Å²) >= 11 is 0. The van der Waals surface area contributed by atoms with Gasteiger partial charge in [-0.25, -0.2) is 0 Å². The molecule has 0 fully saturated rings. The number of nitrogens with zero attached hydrogens (tertiary/aromatic N) is 1. The van der Waals surface area contributed by atoms with Gasteiger partial charge in [-0.3, -0.25) is 0 Å². The normalized spacial score (nSPS) is 14.9. The maximum atomic E-state index is 10.0. The van der Waals surface area contributed by atoms with Gasteiger partial charge in [0, 0.05) is 24.3 Å². The van der Waals surface area contributed by atoms with Crippen molar-refractivity contribution in [2.75, 3.05) is 19.1 Å². The molecule has 1 rings (SSSR count). The van der Waals surface area contributed by atoms with Crippen molar-refractivity contribution in [2.24, 2.45) is 5.41 Å². The van der Waals surface area contributed by atoms with E-state index in [0.29, 0.717) is 6.04 Å². The van der Waals surface area contributed by atoms with Crippen molar-refractivity contribution in [2.45, 2.75) is 46.8 Å². The Bertz CT molecular complexity index is 421. The second-order valence-corrected chi connectivity index (χ2v) is 6.22. The largest absolute Gasteiger partial charge is 0.496 e. The Morgan fingerprint density at radius 3 is 2.21 bits per heavy atom. The van der Waals surface area contributed by atoms with Crippen molar-refractivity contribution in [3.63, 3.8) is 0 Å². The molecule has 0 radical (unpaired) electrons. The van der Waals surface area contributed by atoms with Crippen molar-refractivity contribution in [3.8, 4) is 5.75 Å². The average molecular weight is 265 g/mol. The topological polar surface area (TPSA) is 32.7 Å². The van der Waals surface area contributed by atoms with Crippen LogP contribution in [0, 0.1) is 5.41 Å². The number of rotatable bonds is 4. The molecular formula is C16H27NO2. The maximum Gasteiger partial charge on any atom is 0.126 e. The highest BCUT2D eigenvalue weighted by Crippen LogP contribution is 2.37. The van der Waals surface area contributed by atoms with E-state index in [1.807, 2.05) is 18.2 Å². The average Bonchev–Trinajstić information content (AvgIpc) is 2.34. The third-order valence-electron chi connectivity index (χ3n) is 3.90. The molecule has 1 N–H and O–H groups in total. The van der Waals surface area contributed by atoms with Gasteiger partial charge >= 0.3 is 0 Å². The third kappa shape index (κ3) is 3.41. The van der Waals surface area contributed by atoms with Crippen molar-refractivity contribution in [1.82, 2.24) is 0 Å². The van der Waals surface area contributed by atoms with E-state index >= 15 is 0 Å². The quantitative estimate of drug-likeness (QED) is 0.902. The fourth-order valence-electron chi connectivity index (χ4n) is 2.23. The lowest BCUT2D eigenvalue weighted by molar-refractivity contribution is 0.194. The second kappa shape index (κ2) is 5.83. The van der Waals surface area contributed by atoms with Gasteiger partial charge in [-0.1, -0.05) is 26.8 Å². The Balaban J connectivity index is 3.27. The van der Waals surface area contributed by atoms with Crippen LogP contribution in [0.1, 0.15) is 46.3 Å². The fourth-order valence-corrected chi connectivity index (χ4v) is 2.23. The number of hydrogen-bond donors (Lipinski definition) is 1. The lowest BCUT2D eigenvalue weighted by atomic mass is 9.86. The first-order valence-corrected chi connectivity index (χ1v) is 6.78. The molecule has 0 aliphatic heterocycles. The van der Waals surface area contributed by atoms with E-state index in [4.69, 9.17) is 4.74 Å². The van der Waals surface area contributed by atoms with Gasteiger partial charge in [0.25, 0.3) is 0 Å². The summed E-state index contributed by atoms with van der Waals surface area (Å²) in [5, 5.41) is 10.0. The Hall–Kier alpha value is -1.22. The minimum absolute atomic E-state index is 0.161.